The zero-order valence-electron chi connectivity index (χ0n) is 18.4. The van der Waals surface area contributed by atoms with Crippen LogP contribution in [0.5, 0.6) is 0 Å². The number of benzene rings is 1. The third-order valence-corrected chi connectivity index (χ3v) is 6.43. The van der Waals surface area contributed by atoms with E-state index >= 15 is 0 Å². The van der Waals surface area contributed by atoms with Crippen LogP contribution in [0.25, 0.3) is 11.4 Å². The maximum atomic E-state index is 13.4. The van der Waals surface area contributed by atoms with Gasteiger partial charge in [0.05, 0.1) is 29.9 Å². The Labute approximate surface area is 200 Å². The number of hydrogen-bond donors (Lipinski definition) is 1. The summed E-state index contributed by atoms with van der Waals surface area (Å²) in [7, 11) is 0. The highest BCUT2D eigenvalue weighted by molar-refractivity contribution is 7.99. The molecule has 4 aromatic rings. The summed E-state index contributed by atoms with van der Waals surface area (Å²) in [6.07, 6.45) is 5.27. The maximum Gasteiger partial charge on any atom is 0.237 e. The number of fused-ring (bicyclic) bond motifs is 1. The fourth-order valence-corrected chi connectivity index (χ4v) is 4.77. The molecule has 1 N–H and O–H groups in total. The average molecular weight is 475 g/mol. The lowest BCUT2D eigenvalue weighted by Gasteiger charge is -2.27. The molecule has 0 saturated carbocycles. The molecule has 0 unspecified atom stereocenters. The third-order valence-electron chi connectivity index (χ3n) is 5.48. The number of nitrogens with one attached hydrogen (secondary N) is 1. The first-order chi connectivity index (χ1) is 16.6. The van der Waals surface area contributed by atoms with Gasteiger partial charge in [-0.15, -0.1) is 10.2 Å². The Kier molecular flexibility index (Phi) is 6.13. The van der Waals surface area contributed by atoms with Crippen LogP contribution in [0.15, 0.2) is 76.8 Å². The van der Waals surface area contributed by atoms with Crippen LogP contribution in [-0.2, 0) is 16.1 Å². The summed E-state index contributed by atoms with van der Waals surface area (Å²) in [5, 5.41) is 12.2. The zero-order valence-corrected chi connectivity index (χ0v) is 19.2. The molecule has 0 spiro atoms. The molecule has 2 amide bonds. The minimum Gasteiger partial charge on any atom is -0.467 e. The molecule has 34 heavy (non-hydrogen) atoms. The number of pyridine rings is 1. The maximum absolute atomic E-state index is 13.4. The molecule has 1 aliphatic heterocycles. The minimum absolute atomic E-state index is 0.109. The second-order valence-electron chi connectivity index (χ2n) is 7.88. The highest BCUT2D eigenvalue weighted by atomic mass is 32.2. The Balaban J connectivity index is 1.41. The van der Waals surface area contributed by atoms with Crippen LogP contribution >= 0.6 is 11.8 Å². The van der Waals surface area contributed by atoms with Crippen molar-refractivity contribution in [3.05, 3.63) is 72.9 Å². The van der Waals surface area contributed by atoms with Gasteiger partial charge in [0.25, 0.3) is 0 Å². The fourth-order valence-electron chi connectivity index (χ4n) is 3.97. The topological polar surface area (TPSA) is 106 Å². The van der Waals surface area contributed by atoms with E-state index in [9.17, 15) is 9.59 Å². The SMILES string of the molecule is C[C@H]1CC(=O)Nc2ccccc2N1C(=O)CSc1nnc(-c2cccnc2)n1Cc1ccco1. The molecule has 10 heteroatoms. The van der Waals surface area contributed by atoms with Gasteiger partial charge in [0.1, 0.15) is 5.76 Å². The molecule has 0 aliphatic carbocycles. The van der Waals surface area contributed by atoms with Gasteiger partial charge in [-0.25, -0.2) is 0 Å². The number of carbonyl (C=O) groups is 2. The number of nitrogens with zero attached hydrogens (tertiary/aromatic N) is 5. The summed E-state index contributed by atoms with van der Waals surface area (Å²) < 4.78 is 7.45. The van der Waals surface area contributed by atoms with E-state index in [1.165, 1.54) is 11.8 Å². The Morgan fingerprint density at radius 1 is 1.18 bits per heavy atom. The number of anilines is 2. The lowest BCUT2D eigenvalue weighted by molar-refractivity contribution is -0.117. The molecule has 1 aromatic carbocycles. The van der Waals surface area contributed by atoms with Gasteiger partial charge in [-0.05, 0) is 43.3 Å². The number of aromatic nitrogens is 4. The molecule has 0 bridgehead atoms. The van der Waals surface area contributed by atoms with Crippen LogP contribution in [0, 0.1) is 0 Å². The molecule has 172 valence electrons. The van der Waals surface area contributed by atoms with E-state index in [0.717, 1.165) is 11.3 Å². The Bertz CT molecular complexity index is 1310. The molecular weight excluding hydrogens is 452 g/mol. The predicted octanol–water partition coefficient (Wildman–Crippen LogP) is 3.84. The van der Waals surface area contributed by atoms with Gasteiger partial charge in [0.15, 0.2) is 11.0 Å². The average Bonchev–Trinajstić information content (AvgIpc) is 3.47. The summed E-state index contributed by atoms with van der Waals surface area (Å²) in [6.45, 7) is 2.30. The van der Waals surface area contributed by atoms with Crippen LogP contribution in [0.3, 0.4) is 0 Å². The number of thioether (sulfide) groups is 1. The first kappa shape index (κ1) is 21.9. The van der Waals surface area contributed by atoms with Crippen molar-refractivity contribution in [3.63, 3.8) is 0 Å². The molecule has 4 heterocycles. The number of rotatable bonds is 6. The highest BCUT2D eigenvalue weighted by Gasteiger charge is 2.30. The predicted molar refractivity (Wildman–Crippen MR) is 128 cm³/mol. The summed E-state index contributed by atoms with van der Waals surface area (Å²) in [5.41, 5.74) is 2.15. The standard InChI is InChI=1S/C24H22N6O3S/c1-16-12-21(31)26-19-8-2-3-9-20(19)30(16)22(32)15-34-24-28-27-23(17-6-4-10-25-13-17)29(24)14-18-7-5-11-33-18/h2-11,13,16H,12,14-15H2,1H3,(H,26,31)/t16-/m0/s1. The summed E-state index contributed by atoms with van der Waals surface area (Å²) >= 11 is 1.30. The lowest BCUT2D eigenvalue weighted by atomic mass is 10.2. The van der Waals surface area contributed by atoms with Crippen molar-refractivity contribution < 1.29 is 14.0 Å². The molecule has 1 aliphatic rings. The number of amides is 2. The van der Waals surface area contributed by atoms with Crippen LogP contribution < -0.4 is 10.2 Å². The monoisotopic (exact) mass is 474 g/mol. The van der Waals surface area contributed by atoms with Gasteiger partial charge >= 0.3 is 0 Å². The summed E-state index contributed by atoms with van der Waals surface area (Å²) in [4.78, 5) is 31.5. The first-order valence-corrected chi connectivity index (χ1v) is 11.8. The van der Waals surface area contributed by atoms with E-state index in [0.29, 0.717) is 28.9 Å². The second kappa shape index (κ2) is 9.52. The number of hydrogen-bond acceptors (Lipinski definition) is 7. The van der Waals surface area contributed by atoms with Crippen LogP contribution in [-0.4, -0.2) is 43.4 Å². The van der Waals surface area contributed by atoms with Crippen molar-refractivity contribution in [2.45, 2.75) is 31.1 Å². The van der Waals surface area contributed by atoms with Crippen molar-refractivity contribution in [1.82, 2.24) is 19.7 Å². The Hall–Kier alpha value is -3.92. The summed E-state index contributed by atoms with van der Waals surface area (Å²) in [5.74, 6) is 1.30. The van der Waals surface area contributed by atoms with E-state index in [2.05, 4.69) is 20.5 Å². The van der Waals surface area contributed by atoms with Crippen molar-refractivity contribution in [3.8, 4) is 11.4 Å². The largest absolute Gasteiger partial charge is 0.467 e. The summed E-state index contributed by atoms with van der Waals surface area (Å²) in [6, 6.07) is 14.5. The van der Waals surface area contributed by atoms with Crippen molar-refractivity contribution in [2.24, 2.45) is 0 Å². The van der Waals surface area contributed by atoms with Crippen LogP contribution in [0.1, 0.15) is 19.1 Å². The van der Waals surface area contributed by atoms with Gasteiger partial charge < -0.3 is 14.6 Å². The quantitative estimate of drug-likeness (QED) is 0.423. The number of carbonyl (C=O) groups excluding carboxylic acids is 2. The first-order valence-electron chi connectivity index (χ1n) is 10.8. The van der Waals surface area contributed by atoms with E-state index in [1.54, 1.807) is 29.6 Å². The molecule has 0 radical (unpaired) electrons. The normalized spacial score (nSPS) is 15.5. The number of para-hydroxylation sites is 2. The van der Waals surface area contributed by atoms with Gasteiger partial charge in [-0.1, -0.05) is 23.9 Å². The Morgan fingerprint density at radius 3 is 2.85 bits per heavy atom. The van der Waals surface area contributed by atoms with Gasteiger partial charge in [-0.3, -0.25) is 19.1 Å². The fraction of sp³-hybridized carbons (Fsp3) is 0.208. The van der Waals surface area contributed by atoms with E-state index in [4.69, 9.17) is 4.42 Å². The highest BCUT2D eigenvalue weighted by Crippen LogP contribution is 2.32. The number of furan rings is 1. The molecule has 3 aromatic heterocycles. The molecular formula is C24H22N6O3S. The second-order valence-corrected chi connectivity index (χ2v) is 8.83. The zero-order chi connectivity index (χ0) is 23.5. The lowest BCUT2D eigenvalue weighted by Crippen LogP contribution is -2.40. The molecule has 1 atom stereocenters. The van der Waals surface area contributed by atoms with E-state index in [1.807, 2.05) is 54.0 Å². The molecule has 9 nitrogen and oxygen atoms in total. The van der Waals surface area contributed by atoms with E-state index in [-0.39, 0.29) is 30.0 Å². The smallest absolute Gasteiger partial charge is 0.237 e. The molecule has 0 saturated heterocycles. The van der Waals surface area contributed by atoms with Gasteiger partial charge in [0.2, 0.25) is 11.8 Å². The van der Waals surface area contributed by atoms with Gasteiger partial charge in [0, 0.05) is 30.4 Å². The third kappa shape index (κ3) is 4.44. The van der Waals surface area contributed by atoms with Crippen molar-refractivity contribution in [1.29, 1.82) is 0 Å². The van der Waals surface area contributed by atoms with Crippen molar-refractivity contribution in [2.75, 3.05) is 16.0 Å². The minimum atomic E-state index is -0.274. The molecule has 0 fully saturated rings. The van der Waals surface area contributed by atoms with Crippen LogP contribution in [0.4, 0.5) is 11.4 Å². The van der Waals surface area contributed by atoms with Crippen molar-refractivity contribution >= 4 is 35.0 Å². The molecule has 5 rings (SSSR count). The van der Waals surface area contributed by atoms with Crippen LogP contribution in [0.2, 0.25) is 0 Å². The van der Waals surface area contributed by atoms with Gasteiger partial charge in [-0.2, -0.15) is 0 Å². The van der Waals surface area contributed by atoms with E-state index < -0.39 is 0 Å². The Morgan fingerprint density at radius 2 is 2.06 bits per heavy atom.